The third-order valence-electron chi connectivity index (χ3n) is 3.37. The van der Waals surface area contributed by atoms with Gasteiger partial charge in [-0.25, -0.2) is 0 Å². The lowest BCUT2D eigenvalue weighted by atomic mass is 10.1. The fraction of sp³-hybridized carbons (Fsp3) is 0.600. The molecule has 2 rings (SSSR count). The maximum Gasteiger partial charge on any atom is 0.218 e. The van der Waals surface area contributed by atoms with Crippen molar-refractivity contribution in [1.82, 2.24) is 4.90 Å². The van der Waals surface area contributed by atoms with E-state index >= 15 is 0 Å². The lowest BCUT2D eigenvalue weighted by Gasteiger charge is -2.28. The number of nitrogens with two attached hydrogens (primary N) is 1. The molecule has 19 heavy (non-hydrogen) atoms. The van der Waals surface area contributed by atoms with Gasteiger partial charge in [-0.1, -0.05) is 18.6 Å². The first kappa shape index (κ1) is 14.1. The van der Waals surface area contributed by atoms with Crippen LogP contribution in [-0.4, -0.2) is 43.6 Å². The summed E-state index contributed by atoms with van der Waals surface area (Å²) in [5.74, 6) is 3.98. The van der Waals surface area contributed by atoms with E-state index in [1.165, 1.54) is 32.4 Å². The van der Waals surface area contributed by atoms with Gasteiger partial charge in [-0.05, 0) is 44.0 Å². The number of ether oxygens (including phenoxy) is 1. The van der Waals surface area contributed by atoms with Gasteiger partial charge in [0.25, 0.3) is 0 Å². The van der Waals surface area contributed by atoms with E-state index in [0.717, 1.165) is 6.54 Å². The van der Waals surface area contributed by atoms with E-state index < -0.39 is 0 Å². The summed E-state index contributed by atoms with van der Waals surface area (Å²) in [6, 6.07) is 0. The molecule has 1 saturated heterocycles. The zero-order valence-electron chi connectivity index (χ0n) is 11.4. The summed E-state index contributed by atoms with van der Waals surface area (Å²) in [5, 5.41) is 0. The molecule has 0 spiro atoms. The smallest absolute Gasteiger partial charge is 0.218 e. The van der Waals surface area contributed by atoms with E-state index in [0.29, 0.717) is 25.0 Å². The number of likely N-dealkylation sites (tertiary alicyclic amines) is 1. The highest BCUT2D eigenvalue weighted by atomic mass is 16.5. The third kappa shape index (κ3) is 5.03. The molecule has 104 valence electrons. The van der Waals surface area contributed by atoms with Gasteiger partial charge >= 0.3 is 0 Å². The molecule has 1 atom stereocenters. The first-order valence-electron chi connectivity index (χ1n) is 7.10. The van der Waals surface area contributed by atoms with Crippen LogP contribution in [0.3, 0.4) is 0 Å². The molecule has 4 nitrogen and oxygen atoms in total. The summed E-state index contributed by atoms with van der Waals surface area (Å²) < 4.78 is 5.56. The quantitative estimate of drug-likeness (QED) is 0.740. The van der Waals surface area contributed by atoms with Crippen molar-refractivity contribution in [2.75, 3.05) is 32.8 Å². The predicted molar refractivity (Wildman–Crippen MR) is 78.0 cm³/mol. The normalized spacial score (nSPS) is 23.8. The summed E-state index contributed by atoms with van der Waals surface area (Å²) in [6.07, 6.45) is 11.9. The van der Waals surface area contributed by atoms with Crippen LogP contribution in [0.2, 0.25) is 0 Å². The Hall–Kier alpha value is -1.35. The van der Waals surface area contributed by atoms with Crippen LogP contribution in [-0.2, 0) is 4.74 Å². The molecule has 1 unspecified atom stereocenters. The molecule has 1 fully saturated rings. The summed E-state index contributed by atoms with van der Waals surface area (Å²) in [6.45, 7) is 4.54. The minimum Gasteiger partial charge on any atom is -0.473 e. The van der Waals surface area contributed by atoms with Crippen molar-refractivity contribution in [2.45, 2.75) is 19.3 Å². The Kier molecular flexibility index (Phi) is 5.89. The van der Waals surface area contributed by atoms with E-state index in [-0.39, 0.29) is 0 Å². The lowest BCUT2D eigenvalue weighted by Crippen LogP contribution is -2.33. The SMILES string of the molecule is NC/C=C\COC1=CC(CN2CCCCC2)C=C=N1. The Balaban J connectivity index is 1.80. The highest BCUT2D eigenvalue weighted by Gasteiger charge is 2.15. The predicted octanol–water partition coefficient (Wildman–Crippen LogP) is 1.70. The van der Waals surface area contributed by atoms with E-state index in [1.807, 2.05) is 18.2 Å². The Morgan fingerprint density at radius 3 is 3.00 bits per heavy atom. The molecule has 0 radical (unpaired) electrons. The molecule has 2 N–H and O–H groups in total. The minimum atomic E-state index is 0.365. The number of piperidine rings is 1. The van der Waals surface area contributed by atoms with E-state index in [2.05, 4.69) is 21.8 Å². The molecule has 0 saturated carbocycles. The first-order valence-corrected chi connectivity index (χ1v) is 7.10. The van der Waals surface area contributed by atoms with Crippen molar-refractivity contribution >= 4 is 5.87 Å². The summed E-state index contributed by atoms with van der Waals surface area (Å²) in [4.78, 5) is 6.63. The second kappa shape index (κ2) is 7.95. The first-order chi connectivity index (χ1) is 9.38. The molecule has 2 heterocycles. The molecule has 0 aromatic carbocycles. The van der Waals surface area contributed by atoms with E-state index in [1.54, 1.807) is 0 Å². The van der Waals surface area contributed by atoms with Gasteiger partial charge in [-0.2, -0.15) is 4.99 Å². The molecule has 0 bridgehead atoms. The third-order valence-corrected chi connectivity index (χ3v) is 3.37. The summed E-state index contributed by atoms with van der Waals surface area (Å²) in [7, 11) is 0. The van der Waals surface area contributed by atoms with Crippen molar-refractivity contribution < 1.29 is 4.74 Å². The van der Waals surface area contributed by atoms with Crippen molar-refractivity contribution in [3.05, 3.63) is 30.2 Å². The molecule has 0 aromatic rings. The minimum absolute atomic E-state index is 0.365. The number of aliphatic imine (C=N–C) groups is 1. The Morgan fingerprint density at radius 1 is 1.37 bits per heavy atom. The number of hydrogen-bond acceptors (Lipinski definition) is 4. The number of hydrogen-bond donors (Lipinski definition) is 1. The van der Waals surface area contributed by atoms with Crippen LogP contribution in [0.25, 0.3) is 0 Å². The van der Waals surface area contributed by atoms with Crippen LogP contribution in [0.15, 0.2) is 35.2 Å². The van der Waals surface area contributed by atoms with Gasteiger partial charge < -0.3 is 15.4 Å². The standard InChI is InChI=1S/C15H23N3O/c16-7-2-5-11-19-15-12-14(6-8-17-15)13-18-9-3-1-4-10-18/h2,5-6,12,14H,1,3-4,7,9-11,13,16H2/b5-2-. The molecule has 0 aromatic heterocycles. The van der Waals surface area contributed by atoms with Crippen LogP contribution in [0.1, 0.15) is 19.3 Å². The van der Waals surface area contributed by atoms with Crippen LogP contribution in [0, 0.1) is 5.92 Å². The van der Waals surface area contributed by atoms with Gasteiger partial charge in [0.05, 0.1) is 0 Å². The van der Waals surface area contributed by atoms with Gasteiger partial charge in [0.15, 0.2) is 0 Å². The number of nitrogens with zero attached hydrogens (tertiary/aromatic N) is 2. The molecule has 0 amide bonds. The second-order valence-corrected chi connectivity index (χ2v) is 4.96. The average Bonchev–Trinajstić information content (AvgIpc) is 2.45. The van der Waals surface area contributed by atoms with Crippen LogP contribution >= 0.6 is 0 Å². The molecule has 2 aliphatic heterocycles. The van der Waals surface area contributed by atoms with Gasteiger partial charge in [0, 0.05) is 19.0 Å². The summed E-state index contributed by atoms with van der Waals surface area (Å²) >= 11 is 0. The highest BCUT2D eigenvalue weighted by molar-refractivity contribution is 5.56. The van der Waals surface area contributed by atoms with Gasteiger partial charge in [-0.15, -0.1) is 0 Å². The van der Waals surface area contributed by atoms with Crippen LogP contribution in [0.5, 0.6) is 0 Å². The molecular formula is C15H23N3O. The van der Waals surface area contributed by atoms with Crippen LogP contribution in [0.4, 0.5) is 0 Å². The Morgan fingerprint density at radius 2 is 2.21 bits per heavy atom. The topological polar surface area (TPSA) is 50.9 Å². The fourth-order valence-corrected chi connectivity index (χ4v) is 2.39. The van der Waals surface area contributed by atoms with Crippen molar-refractivity contribution in [1.29, 1.82) is 0 Å². The van der Waals surface area contributed by atoms with Gasteiger partial charge in [0.2, 0.25) is 5.88 Å². The Bertz CT molecular complexity index is 388. The molecule has 2 aliphatic rings. The maximum absolute atomic E-state index is 5.56. The average molecular weight is 261 g/mol. The lowest BCUT2D eigenvalue weighted by molar-refractivity contribution is 0.212. The highest BCUT2D eigenvalue weighted by Crippen LogP contribution is 2.16. The van der Waals surface area contributed by atoms with Crippen molar-refractivity contribution in [3.8, 4) is 0 Å². The second-order valence-electron chi connectivity index (χ2n) is 4.96. The zero-order chi connectivity index (χ0) is 13.3. The van der Waals surface area contributed by atoms with Gasteiger partial charge in [-0.3, -0.25) is 0 Å². The zero-order valence-corrected chi connectivity index (χ0v) is 11.4. The molecule has 4 heteroatoms. The Labute approximate surface area is 115 Å². The van der Waals surface area contributed by atoms with Gasteiger partial charge in [0.1, 0.15) is 6.61 Å². The fourth-order valence-electron chi connectivity index (χ4n) is 2.39. The molecular weight excluding hydrogens is 238 g/mol. The largest absolute Gasteiger partial charge is 0.473 e. The van der Waals surface area contributed by atoms with E-state index in [4.69, 9.17) is 10.5 Å². The van der Waals surface area contributed by atoms with E-state index in [9.17, 15) is 0 Å². The monoisotopic (exact) mass is 261 g/mol. The van der Waals surface area contributed by atoms with Crippen molar-refractivity contribution in [2.24, 2.45) is 16.6 Å². The number of rotatable bonds is 6. The summed E-state index contributed by atoms with van der Waals surface area (Å²) in [5.41, 5.74) is 5.37. The maximum atomic E-state index is 5.56. The van der Waals surface area contributed by atoms with Crippen LogP contribution < -0.4 is 5.73 Å². The molecule has 0 aliphatic carbocycles. The van der Waals surface area contributed by atoms with Crippen molar-refractivity contribution in [3.63, 3.8) is 0 Å².